The standard InChI is InChI=1S/C20H29N5O3.2ClH/c1-6-25-16-15(17(26)23-19(25)28)12(9-13(22-16)11(2)3)18(27)24-8-7-14(21)20(4,5)10-24;;/h9,11,14H,6-8,10,21H2,1-5H3,(H,23,26,28);2*1H. The first-order chi connectivity index (χ1) is 13.1. The van der Waals surface area contributed by atoms with Crippen molar-refractivity contribution in [1.82, 2.24) is 19.4 Å². The first-order valence-electron chi connectivity index (χ1n) is 9.79. The molecule has 168 valence electrons. The number of likely N-dealkylation sites (tertiary alicyclic amines) is 1. The number of aromatic amines is 1. The Bertz CT molecular complexity index is 1050. The Morgan fingerprint density at radius 2 is 1.97 bits per heavy atom. The second kappa shape index (κ2) is 9.49. The number of piperidine rings is 1. The summed E-state index contributed by atoms with van der Waals surface area (Å²) < 4.78 is 1.40. The number of pyridine rings is 1. The lowest BCUT2D eigenvalue weighted by atomic mass is 9.79. The predicted molar refractivity (Wildman–Crippen MR) is 123 cm³/mol. The van der Waals surface area contributed by atoms with E-state index in [4.69, 9.17) is 5.73 Å². The summed E-state index contributed by atoms with van der Waals surface area (Å²) in [6, 6.07) is 1.71. The Kier molecular flexibility index (Phi) is 8.27. The minimum atomic E-state index is -0.580. The van der Waals surface area contributed by atoms with Crippen molar-refractivity contribution in [2.45, 2.75) is 59.5 Å². The van der Waals surface area contributed by atoms with E-state index in [1.165, 1.54) is 4.57 Å². The third-order valence-corrected chi connectivity index (χ3v) is 5.71. The fourth-order valence-corrected chi connectivity index (χ4v) is 3.77. The van der Waals surface area contributed by atoms with Crippen LogP contribution in [0.2, 0.25) is 0 Å². The summed E-state index contributed by atoms with van der Waals surface area (Å²) >= 11 is 0. The number of nitrogens with zero attached hydrogens (tertiary/aromatic N) is 3. The molecule has 0 spiro atoms. The lowest BCUT2D eigenvalue weighted by molar-refractivity contribution is 0.0534. The summed E-state index contributed by atoms with van der Waals surface area (Å²) in [5, 5.41) is 0.170. The van der Waals surface area contributed by atoms with E-state index in [2.05, 4.69) is 9.97 Å². The lowest BCUT2D eigenvalue weighted by Gasteiger charge is -2.42. The largest absolute Gasteiger partial charge is 0.338 e. The molecule has 1 aliphatic heterocycles. The summed E-state index contributed by atoms with van der Waals surface area (Å²) in [5.41, 5.74) is 6.13. The molecule has 3 heterocycles. The summed E-state index contributed by atoms with van der Waals surface area (Å²) in [4.78, 5) is 46.9. The van der Waals surface area contributed by atoms with Crippen LogP contribution in [0, 0.1) is 5.41 Å². The van der Waals surface area contributed by atoms with Gasteiger partial charge in [0.2, 0.25) is 0 Å². The molecule has 30 heavy (non-hydrogen) atoms. The topological polar surface area (TPSA) is 114 Å². The van der Waals surface area contributed by atoms with E-state index in [9.17, 15) is 14.4 Å². The zero-order chi connectivity index (χ0) is 20.8. The van der Waals surface area contributed by atoms with Gasteiger partial charge in [-0.25, -0.2) is 9.78 Å². The van der Waals surface area contributed by atoms with Crippen LogP contribution in [0.4, 0.5) is 0 Å². The second-order valence-corrected chi connectivity index (χ2v) is 8.56. The number of nitrogens with two attached hydrogens (primary N) is 1. The third kappa shape index (κ3) is 4.55. The van der Waals surface area contributed by atoms with Gasteiger partial charge < -0.3 is 10.6 Å². The smallest absolute Gasteiger partial charge is 0.329 e. The number of halogens is 2. The van der Waals surface area contributed by atoms with Crippen LogP contribution in [0.25, 0.3) is 11.0 Å². The molecule has 1 aliphatic rings. The zero-order valence-electron chi connectivity index (χ0n) is 18.0. The van der Waals surface area contributed by atoms with Crippen molar-refractivity contribution in [3.63, 3.8) is 0 Å². The third-order valence-electron chi connectivity index (χ3n) is 5.71. The number of carbonyl (C=O) groups is 1. The number of nitrogens with one attached hydrogen (secondary N) is 1. The number of carbonyl (C=O) groups excluding carboxylic acids is 1. The van der Waals surface area contributed by atoms with Gasteiger partial charge in [-0.1, -0.05) is 27.7 Å². The van der Waals surface area contributed by atoms with Crippen LogP contribution in [-0.2, 0) is 6.54 Å². The van der Waals surface area contributed by atoms with Crippen LogP contribution in [-0.4, -0.2) is 44.5 Å². The number of hydrogen-bond acceptors (Lipinski definition) is 5. The monoisotopic (exact) mass is 459 g/mol. The Balaban J connectivity index is 0.00000225. The van der Waals surface area contributed by atoms with Crippen molar-refractivity contribution < 1.29 is 4.79 Å². The molecule has 0 aliphatic carbocycles. The predicted octanol–water partition coefficient (Wildman–Crippen LogP) is 2.27. The van der Waals surface area contributed by atoms with Gasteiger partial charge in [0.1, 0.15) is 0 Å². The molecule has 1 amide bonds. The molecule has 1 fully saturated rings. The number of aryl methyl sites for hydroxylation is 1. The van der Waals surface area contributed by atoms with Gasteiger partial charge in [-0.3, -0.25) is 19.1 Å². The van der Waals surface area contributed by atoms with Gasteiger partial charge in [-0.05, 0) is 30.7 Å². The van der Waals surface area contributed by atoms with Crippen molar-refractivity contribution in [2.75, 3.05) is 13.1 Å². The van der Waals surface area contributed by atoms with Gasteiger partial charge in [-0.15, -0.1) is 24.8 Å². The highest BCUT2D eigenvalue weighted by molar-refractivity contribution is 6.05. The molecule has 1 atom stereocenters. The van der Waals surface area contributed by atoms with Crippen LogP contribution in [0.5, 0.6) is 0 Å². The van der Waals surface area contributed by atoms with Crippen molar-refractivity contribution in [3.8, 4) is 0 Å². The first-order valence-corrected chi connectivity index (χ1v) is 9.79. The molecule has 1 saturated heterocycles. The molecular formula is C20H31Cl2N5O3. The summed E-state index contributed by atoms with van der Waals surface area (Å²) in [5.74, 6) is -0.178. The maximum atomic E-state index is 13.4. The molecule has 8 nitrogen and oxygen atoms in total. The Hall–Kier alpha value is -1.90. The summed E-state index contributed by atoms with van der Waals surface area (Å²) in [7, 11) is 0. The SMILES string of the molecule is CCn1c(=O)[nH]c(=O)c2c(C(=O)N3CCC(N)C(C)(C)C3)cc(C(C)C)nc21.Cl.Cl. The van der Waals surface area contributed by atoms with E-state index in [1.54, 1.807) is 17.9 Å². The van der Waals surface area contributed by atoms with Gasteiger partial charge in [0.05, 0.1) is 10.9 Å². The molecule has 1 unspecified atom stereocenters. The summed E-state index contributed by atoms with van der Waals surface area (Å²) in [6.07, 6.45) is 0.703. The highest BCUT2D eigenvalue weighted by Crippen LogP contribution is 2.29. The van der Waals surface area contributed by atoms with Gasteiger partial charge >= 0.3 is 5.69 Å². The van der Waals surface area contributed by atoms with Gasteiger partial charge in [0.25, 0.3) is 11.5 Å². The fraction of sp³-hybridized carbons (Fsp3) is 0.600. The lowest BCUT2D eigenvalue weighted by Crippen LogP contribution is -2.54. The average molecular weight is 460 g/mol. The van der Waals surface area contributed by atoms with E-state index < -0.39 is 11.2 Å². The number of rotatable bonds is 3. The van der Waals surface area contributed by atoms with Crippen LogP contribution in [0.15, 0.2) is 15.7 Å². The van der Waals surface area contributed by atoms with Crippen LogP contribution in [0.3, 0.4) is 0 Å². The Morgan fingerprint density at radius 3 is 2.50 bits per heavy atom. The maximum absolute atomic E-state index is 13.4. The zero-order valence-corrected chi connectivity index (χ0v) is 19.7. The van der Waals surface area contributed by atoms with Gasteiger partial charge in [0.15, 0.2) is 5.65 Å². The normalized spacial score (nSPS) is 18.1. The molecular weight excluding hydrogens is 429 g/mol. The average Bonchev–Trinajstić information content (AvgIpc) is 2.62. The highest BCUT2D eigenvalue weighted by atomic mass is 35.5. The fourth-order valence-electron chi connectivity index (χ4n) is 3.77. The molecule has 0 aromatic carbocycles. The Labute approximate surface area is 188 Å². The van der Waals surface area contributed by atoms with E-state index in [0.29, 0.717) is 37.3 Å². The molecule has 0 bridgehead atoms. The summed E-state index contributed by atoms with van der Waals surface area (Å²) in [6.45, 7) is 11.2. The minimum Gasteiger partial charge on any atom is -0.338 e. The second-order valence-electron chi connectivity index (χ2n) is 8.56. The number of fused-ring (bicyclic) bond motifs is 1. The van der Waals surface area contributed by atoms with Crippen LogP contribution < -0.4 is 17.0 Å². The van der Waals surface area contributed by atoms with E-state index >= 15 is 0 Å². The Morgan fingerprint density at radius 1 is 1.33 bits per heavy atom. The van der Waals surface area contributed by atoms with Crippen LogP contribution in [0.1, 0.15) is 63.0 Å². The first kappa shape index (κ1) is 26.1. The van der Waals surface area contributed by atoms with E-state index in [0.717, 1.165) is 0 Å². The highest BCUT2D eigenvalue weighted by Gasteiger charge is 2.36. The van der Waals surface area contributed by atoms with Gasteiger partial charge in [-0.2, -0.15) is 0 Å². The maximum Gasteiger partial charge on any atom is 0.329 e. The molecule has 2 aromatic rings. The molecule has 10 heteroatoms. The van der Waals surface area contributed by atoms with Crippen LogP contribution >= 0.6 is 24.8 Å². The number of aromatic nitrogens is 3. The van der Waals surface area contributed by atoms with Crippen molar-refractivity contribution >= 4 is 41.8 Å². The van der Waals surface area contributed by atoms with Crippen molar-refractivity contribution in [3.05, 3.63) is 38.2 Å². The number of hydrogen-bond donors (Lipinski definition) is 2. The van der Waals surface area contributed by atoms with Gasteiger partial charge in [0, 0.05) is 31.4 Å². The molecule has 0 saturated carbocycles. The molecule has 3 rings (SSSR count). The number of amides is 1. The van der Waals surface area contributed by atoms with E-state index in [-0.39, 0.29) is 59.1 Å². The van der Waals surface area contributed by atoms with E-state index in [1.807, 2.05) is 27.7 Å². The van der Waals surface area contributed by atoms with Crippen molar-refractivity contribution in [1.29, 1.82) is 0 Å². The number of H-pyrrole nitrogens is 1. The van der Waals surface area contributed by atoms with Crippen molar-refractivity contribution in [2.24, 2.45) is 11.1 Å². The quantitative estimate of drug-likeness (QED) is 0.730. The molecule has 0 radical (unpaired) electrons. The molecule has 3 N–H and O–H groups in total. The minimum absolute atomic E-state index is 0. The molecule has 2 aromatic heterocycles.